The van der Waals surface area contributed by atoms with E-state index in [4.69, 9.17) is 10.5 Å². The third-order valence-corrected chi connectivity index (χ3v) is 5.25. The summed E-state index contributed by atoms with van der Waals surface area (Å²) < 4.78 is 33.5. The van der Waals surface area contributed by atoms with Gasteiger partial charge in [0.2, 0.25) is 0 Å². The number of benzene rings is 1. The lowest BCUT2D eigenvalue weighted by Crippen LogP contribution is -2.09. The molecule has 0 fully saturated rings. The Balaban J connectivity index is 1.88. The molecule has 0 unspecified atom stereocenters. The van der Waals surface area contributed by atoms with Crippen LogP contribution in [0.3, 0.4) is 0 Å². The number of alkyl halides is 2. The van der Waals surface area contributed by atoms with Crippen molar-refractivity contribution in [2.24, 2.45) is 0 Å². The first-order valence-electron chi connectivity index (χ1n) is 9.32. The van der Waals surface area contributed by atoms with Crippen molar-refractivity contribution in [2.75, 3.05) is 18.9 Å². The fourth-order valence-electron chi connectivity index (χ4n) is 2.83. The number of aromatic nitrogens is 2. The van der Waals surface area contributed by atoms with Gasteiger partial charge in [0.25, 0.3) is 0 Å². The number of nitrogen functional groups attached to an aromatic ring is 1. The number of anilines is 1. The summed E-state index contributed by atoms with van der Waals surface area (Å²) in [5, 5.41) is 19.9. The van der Waals surface area contributed by atoms with Gasteiger partial charge in [-0.05, 0) is 29.8 Å². The van der Waals surface area contributed by atoms with Crippen molar-refractivity contribution < 1.29 is 18.3 Å². The lowest BCUT2D eigenvalue weighted by molar-refractivity contribution is -0.133. The molecule has 0 spiro atoms. The highest BCUT2D eigenvalue weighted by Gasteiger charge is 2.20. The molecule has 0 aliphatic rings. The summed E-state index contributed by atoms with van der Waals surface area (Å²) in [5.41, 5.74) is 8.11. The van der Waals surface area contributed by atoms with Crippen molar-refractivity contribution in [1.82, 2.24) is 9.97 Å². The van der Waals surface area contributed by atoms with Gasteiger partial charge in [0, 0.05) is 17.5 Å². The molecule has 32 heavy (non-hydrogen) atoms. The molecule has 3 aromatic rings. The Kier molecular flexibility index (Phi) is 7.92. The Labute approximate surface area is 187 Å². The summed E-state index contributed by atoms with van der Waals surface area (Å²) in [7, 11) is 0. The summed E-state index contributed by atoms with van der Waals surface area (Å²) in [4.78, 5) is 8.52. The first kappa shape index (κ1) is 22.9. The Morgan fingerprint density at radius 2 is 1.78 bits per heavy atom. The van der Waals surface area contributed by atoms with Crippen molar-refractivity contribution in [3.63, 3.8) is 0 Å². The van der Waals surface area contributed by atoms with E-state index in [1.165, 1.54) is 11.8 Å². The number of thioether (sulfide) groups is 1. The molecule has 2 heterocycles. The van der Waals surface area contributed by atoms with Gasteiger partial charge in [0.05, 0.1) is 17.9 Å². The minimum Gasteiger partial charge on any atom is -0.491 e. The molecule has 2 N–H and O–H groups in total. The van der Waals surface area contributed by atoms with Crippen LogP contribution in [-0.4, -0.2) is 29.8 Å². The van der Waals surface area contributed by atoms with Crippen LogP contribution in [0.15, 0.2) is 53.7 Å². The molecule has 1 aromatic carbocycles. The number of rotatable bonds is 9. The predicted octanol–water partition coefficient (Wildman–Crippen LogP) is 4.38. The van der Waals surface area contributed by atoms with Crippen LogP contribution in [0, 0.1) is 22.7 Å². The standard InChI is InChI=1S/C22H17F2N5O2S/c23-22(24)31-10-9-30-16-6-4-14(5-7-16)19-17(11-25)20(27)29-21(18(19)12-26)32-13-15-3-1-2-8-28-15/h1-8,22H,9-10,13H2,(H2,27,29). The average Bonchev–Trinajstić information content (AvgIpc) is 2.81. The highest BCUT2D eigenvalue weighted by Crippen LogP contribution is 2.37. The second-order valence-electron chi connectivity index (χ2n) is 6.26. The van der Waals surface area contributed by atoms with Gasteiger partial charge in [0.1, 0.15) is 40.9 Å². The second-order valence-corrected chi connectivity index (χ2v) is 7.23. The molecule has 0 amide bonds. The lowest BCUT2D eigenvalue weighted by Gasteiger charge is -2.13. The van der Waals surface area contributed by atoms with E-state index in [0.717, 1.165) is 5.69 Å². The molecule has 162 valence electrons. The zero-order valence-corrected chi connectivity index (χ0v) is 17.5. The lowest BCUT2D eigenvalue weighted by atomic mass is 9.97. The molecular formula is C22H17F2N5O2S. The third kappa shape index (κ3) is 5.70. The predicted molar refractivity (Wildman–Crippen MR) is 115 cm³/mol. The van der Waals surface area contributed by atoms with Crippen molar-refractivity contribution in [3.8, 4) is 29.0 Å². The number of hydrogen-bond donors (Lipinski definition) is 1. The maximum Gasteiger partial charge on any atom is 0.345 e. The van der Waals surface area contributed by atoms with Crippen LogP contribution in [0.2, 0.25) is 0 Å². The smallest absolute Gasteiger partial charge is 0.345 e. The number of nitriles is 2. The van der Waals surface area contributed by atoms with E-state index in [-0.39, 0.29) is 30.2 Å². The minimum atomic E-state index is -2.85. The summed E-state index contributed by atoms with van der Waals surface area (Å²) in [6.45, 7) is -3.15. The number of pyridine rings is 2. The fraction of sp³-hybridized carbons (Fsp3) is 0.182. The molecule has 0 saturated heterocycles. The first-order valence-corrected chi connectivity index (χ1v) is 10.3. The van der Waals surface area contributed by atoms with Crippen LogP contribution >= 0.6 is 11.8 Å². The van der Waals surface area contributed by atoms with Crippen LogP contribution in [0.25, 0.3) is 11.1 Å². The first-order chi connectivity index (χ1) is 15.5. The highest BCUT2D eigenvalue weighted by molar-refractivity contribution is 7.98. The van der Waals surface area contributed by atoms with Gasteiger partial charge in [-0.25, -0.2) is 4.98 Å². The molecule has 0 radical (unpaired) electrons. The van der Waals surface area contributed by atoms with Gasteiger partial charge in [-0.3, -0.25) is 4.98 Å². The zero-order valence-electron chi connectivity index (χ0n) is 16.7. The summed E-state index contributed by atoms with van der Waals surface area (Å²) in [6, 6.07) is 16.2. The van der Waals surface area contributed by atoms with Crippen molar-refractivity contribution >= 4 is 17.6 Å². The van der Waals surface area contributed by atoms with E-state index in [1.807, 2.05) is 24.3 Å². The molecule has 0 saturated carbocycles. The second kappa shape index (κ2) is 11.0. The van der Waals surface area contributed by atoms with Gasteiger partial charge in [-0.2, -0.15) is 19.3 Å². The summed E-state index contributed by atoms with van der Waals surface area (Å²) in [6.07, 6.45) is 1.68. The van der Waals surface area contributed by atoms with Gasteiger partial charge < -0.3 is 15.2 Å². The van der Waals surface area contributed by atoms with Crippen molar-refractivity contribution in [3.05, 3.63) is 65.5 Å². The fourth-order valence-corrected chi connectivity index (χ4v) is 3.74. The minimum absolute atomic E-state index is 0.0227. The largest absolute Gasteiger partial charge is 0.491 e. The van der Waals surface area contributed by atoms with Crippen LogP contribution in [0.5, 0.6) is 5.75 Å². The SMILES string of the molecule is N#Cc1c(N)nc(SCc2ccccn2)c(C#N)c1-c1ccc(OCCOC(F)F)cc1. The van der Waals surface area contributed by atoms with Gasteiger partial charge in [-0.1, -0.05) is 30.0 Å². The van der Waals surface area contributed by atoms with E-state index in [0.29, 0.717) is 27.7 Å². The number of nitrogens with two attached hydrogens (primary N) is 1. The Bertz CT molecular complexity index is 1150. The van der Waals surface area contributed by atoms with Crippen LogP contribution < -0.4 is 10.5 Å². The topological polar surface area (TPSA) is 118 Å². The zero-order chi connectivity index (χ0) is 22.9. The van der Waals surface area contributed by atoms with E-state index in [1.54, 1.807) is 30.5 Å². The van der Waals surface area contributed by atoms with Gasteiger partial charge >= 0.3 is 6.61 Å². The van der Waals surface area contributed by atoms with Crippen LogP contribution in [0.1, 0.15) is 16.8 Å². The molecule has 2 aromatic heterocycles. The van der Waals surface area contributed by atoms with E-state index in [2.05, 4.69) is 20.8 Å². The van der Waals surface area contributed by atoms with E-state index < -0.39 is 6.61 Å². The van der Waals surface area contributed by atoms with Crippen LogP contribution in [-0.2, 0) is 10.5 Å². The Morgan fingerprint density at radius 3 is 2.41 bits per heavy atom. The average molecular weight is 453 g/mol. The van der Waals surface area contributed by atoms with Gasteiger partial charge in [-0.15, -0.1) is 0 Å². The van der Waals surface area contributed by atoms with E-state index >= 15 is 0 Å². The van der Waals surface area contributed by atoms with Crippen molar-refractivity contribution in [2.45, 2.75) is 17.4 Å². The molecular weight excluding hydrogens is 436 g/mol. The molecule has 0 bridgehead atoms. The number of nitrogens with zero attached hydrogens (tertiary/aromatic N) is 4. The molecule has 0 atom stereocenters. The number of ether oxygens (including phenoxy) is 2. The Morgan fingerprint density at radius 1 is 1.03 bits per heavy atom. The maximum absolute atomic E-state index is 12.0. The van der Waals surface area contributed by atoms with Crippen LogP contribution in [0.4, 0.5) is 14.6 Å². The molecule has 10 heteroatoms. The maximum atomic E-state index is 12.0. The third-order valence-electron chi connectivity index (χ3n) is 4.24. The normalized spacial score (nSPS) is 10.5. The molecule has 7 nitrogen and oxygen atoms in total. The monoisotopic (exact) mass is 453 g/mol. The molecule has 3 rings (SSSR count). The molecule has 0 aliphatic heterocycles. The number of halogens is 2. The highest BCUT2D eigenvalue weighted by atomic mass is 32.2. The summed E-state index contributed by atoms with van der Waals surface area (Å²) in [5.74, 6) is 0.922. The quantitative estimate of drug-likeness (QED) is 0.375. The Hall–Kier alpha value is -3.73. The van der Waals surface area contributed by atoms with Crippen molar-refractivity contribution in [1.29, 1.82) is 10.5 Å². The van der Waals surface area contributed by atoms with E-state index in [9.17, 15) is 19.3 Å². The molecule has 0 aliphatic carbocycles. The number of hydrogen-bond acceptors (Lipinski definition) is 8. The summed E-state index contributed by atoms with van der Waals surface area (Å²) >= 11 is 1.30. The van der Waals surface area contributed by atoms with Gasteiger partial charge in [0.15, 0.2) is 0 Å².